The van der Waals surface area contributed by atoms with Crippen molar-refractivity contribution in [1.82, 2.24) is 9.55 Å². The van der Waals surface area contributed by atoms with Crippen LogP contribution in [0.15, 0.2) is 36.5 Å². The molecule has 0 radical (unpaired) electrons. The highest BCUT2D eigenvalue weighted by molar-refractivity contribution is 5.72. The van der Waals surface area contributed by atoms with Crippen molar-refractivity contribution in [3.05, 3.63) is 42.4 Å². The van der Waals surface area contributed by atoms with Gasteiger partial charge in [-0.3, -0.25) is 4.79 Å². The van der Waals surface area contributed by atoms with E-state index in [1.165, 1.54) is 0 Å². The van der Waals surface area contributed by atoms with Gasteiger partial charge in [-0.25, -0.2) is 4.98 Å². The van der Waals surface area contributed by atoms with Crippen molar-refractivity contribution in [3.63, 3.8) is 0 Å². The molecule has 2 rings (SSSR count). The fourth-order valence-electron chi connectivity index (χ4n) is 1.70. The zero-order valence-corrected chi connectivity index (χ0v) is 9.58. The largest absolute Gasteiger partial charge is 0.392 e. The smallest absolute Gasteiger partial charge is 0.185 e. The van der Waals surface area contributed by atoms with Crippen LogP contribution in [-0.4, -0.2) is 27.0 Å². The Balaban J connectivity index is 2.37. The summed E-state index contributed by atoms with van der Waals surface area (Å²) in [4.78, 5) is 15.1. The molecule has 0 aliphatic heterocycles. The number of aliphatic hydroxyl groups excluding tert-OH is 1. The van der Waals surface area contributed by atoms with Crippen LogP contribution in [0.3, 0.4) is 0 Å². The summed E-state index contributed by atoms with van der Waals surface area (Å²) in [7, 11) is 0. The predicted octanol–water partition coefficient (Wildman–Crippen LogP) is 1.74. The third-order valence-corrected chi connectivity index (χ3v) is 2.44. The minimum atomic E-state index is -0.508. The van der Waals surface area contributed by atoms with Crippen molar-refractivity contribution < 1.29 is 9.90 Å². The van der Waals surface area contributed by atoms with Gasteiger partial charge in [-0.05, 0) is 6.92 Å². The molecule has 1 N–H and O–H groups in total. The van der Waals surface area contributed by atoms with Gasteiger partial charge in [0.05, 0.1) is 11.8 Å². The van der Waals surface area contributed by atoms with Crippen LogP contribution in [0.4, 0.5) is 0 Å². The maximum atomic E-state index is 10.9. The highest BCUT2D eigenvalue weighted by Gasteiger charge is 2.09. The highest BCUT2D eigenvalue weighted by Crippen LogP contribution is 2.17. The van der Waals surface area contributed by atoms with Crippen LogP contribution in [0.1, 0.15) is 17.5 Å². The average Bonchev–Trinajstić information content (AvgIpc) is 2.72. The monoisotopic (exact) mass is 230 g/mol. The molecule has 0 aliphatic rings. The molecule has 88 valence electrons. The summed E-state index contributed by atoms with van der Waals surface area (Å²) in [6.07, 6.45) is 1.98. The van der Waals surface area contributed by atoms with E-state index in [1.807, 2.05) is 30.3 Å². The number of nitrogens with zero attached hydrogens (tertiary/aromatic N) is 2. The Morgan fingerprint density at radius 1 is 1.41 bits per heavy atom. The van der Waals surface area contributed by atoms with E-state index in [9.17, 15) is 9.90 Å². The van der Waals surface area contributed by atoms with E-state index in [-0.39, 0.29) is 0 Å². The lowest BCUT2D eigenvalue weighted by atomic mass is 10.2. The second kappa shape index (κ2) is 4.93. The fourth-order valence-corrected chi connectivity index (χ4v) is 1.70. The molecular formula is C13H14N2O2. The molecule has 0 aliphatic carbocycles. The number of aromatic nitrogens is 2. The standard InChI is InChI=1S/C13H14N2O2/c1-10(17)7-15-8-12(14-13(15)9-16)11-5-3-2-4-6-11/h2-6,8-10,17H,7H2,1H3. The predicted molar refractivity (Wildman–Crippen MR) is 64.7 cm³/mol. The fraction of sp³-hybridized carbons (Fsp3) is 0.231. The van der Waals surface area contributed by atoms with Gasteiger partial charge in [-0.2, -0.15) is 0 Å². The number of aldehydes is 1. The number of aliphatic hydroxyl groups is 1. The summed E-state index contributed by atoms with van der Waals surface area (Å²) in [5, 5.41) is 9.34. The maximum Gasteiger partial charge on any atom is 0.185 e. The Kier molecular flexibility index (Phi) is 3.35. The molecule has 0 amide bonds. The molecule has 17 heavy (non-hydrogen) atoms. The lowest BCUT2D eigenvalue weighted by molar-refractivity contribution is 0.110. The lowest BCUT2D eigenvalue weighted by Crippen LogP contribution is -2.13. The third kappa shape index (κ3) is 2.60. The first-order chi connectivity index (χ1) is 8.20. The number of imidazole rings is 1. The van der Waals surface area contributed by atoms with Gasteiger partial charge in [-0.1, -0.05) is 30.3 Å². The van der Waals surface area contributed by atoms with Gasteiger partial charge in [0.1, 0.15) is 0 Å². The van der Waals surface area contributed by atoms with Crippen molar-refractivity contribution in [2.45, 2.75) is 19.6 Å². The zero-order chi connectivity index (χ0) is 12.3. The summed E-state index contributed by atoms with van der Waals surface area (Å²) in [6, 6.07) is 9.64. The van der Waals surface area contributed by atoms with Crippen LogP contribution >= 0.6 is 0 Å². The van der Waals surface area contributed by atoms with Crippen molar-refractivity contribution >= 4 is 6.29 Å². The minimum absolute atomic E-state index is 0.338. The lowest BCUT2D eigenvalue weighted by Gasteiger charge is -2.05. The Hall–Kier alpha value is -1.94. The minimum Gasteiger partial charge on any atom is -0.392 e. The molecule has 0 bridgehead atoms. The normalized spacial score (nSPS) is 12.4. The first kappa shape index (κ1) is 11.5. The van der Waals surface area contributed by atoms with E-state index in [1.54, 1.807) is 17.7 Å². The molecule has 1 heterocycles. The number of rotatable bonds is 4. The van der Waals surface area contributed by atoms with Gasteiger partial charge in [0.15, 0.2) is 12.1 Å². The van der Waals surface area contributed by atoms with Gasteiger partial charge in [0.25, 0.3) is 0 Å². The zero-order valence-electron chi connectivity index (χ0n) is 9.58. The van der Waals surface area contributed by atoms with Gasteiger partial charge < -0.3 is 9.67 Å². The molecule has 0 saturated carbocycles. The van der Waals surface area contributed by atoms with Crippen LogP contribution in [0.5, 0.6) is 0 Å². The maximum absolute atomic E-state index is 10.9. The van der Waals surface area contributed by atoms with Crippen LogP contribution in [0.25, 0.3) is 11.3 Å². The van der Waals surface area contributed by atoms with Crippen molar-refractivity contribution in [2.75, 3.05) is 0 Å². The molecule has 0 fully saturated rings. The quantitative estimate of drug-likeness (QED) is 0.814. The number of benzene rings is 1. The molecule has 0 spiro atoms. The number of hydrogen-bond acceptors (Lipinski definition) is 3. The Bertz CT molecular complexity index is 503. The molecule has 1 aromatic heterocycles. The van der Waals surface area contributed by atoms with E-state index >= 15 is 0 Å². The van der Waals surface area contributed by atoms with Crippen LogP contribution in [0, 0.1) is 0 Å². The molecular weight excluding hydrogens is 216 g/mol. The Labute approximate surface area is 99.5 Å². The average molecular weight is 230 g/mol. The van der Waals surface area contributed by atoms with Crippen LogP contribution in [0.2, 0.25) is 0 Å². The summed E-state index contributed by atoms with van der Waals surface area (Å²) in [5.41, 5.74) is 1.70. The van der Waals surface area contributed by atoms with Crippen LogP contribution in [-0.2, 0) is 6.54 Å². The van der Waals surface area contributed by atoms with E-state index < -0.39 is 6.10 Å². The van der Waals surface area contributed by atoms with Gasteiger partial charge >= 0.3 is 0 Å². The number of hydrogen-bond donors (Lipinski definition) is 1. The topological polar surface area (TPSA) is 55.1 Å². The molecule has 1 aromatic carbocycles. The van der Waals surface area contributed by atoms with E-state index in [2.05, 4.69) is 4.98 Å². The summed E-state index contributed by atoms with van der Waals surface area (Å²) < 4.78 is 1.67. The second-order valence-electron chi connectivity index (χ2n) is 3.97. The van der Waals surface area contributed by atoms with Gasteiger partial charge in [-0.15, -0.1) is 0 Å². The molecule has 4 nitrogen and oxygen atoms in total. The number of carbonyl (C=O) groups is 1. The molecule has 2 aromatic rings. The SMILES string of the molecule is CC(O)Cn1cc(-c2ccccc2)nc1C=O. The van der Waals surface area contributed by atoms with Gasteiger partial charge in [0, 0.05) is 18.3 Å². The molecule has 0 saturated heterocycles. The van der Waals surface area contributed by atoms with Crippen LogP contribution < -0.4 is 0 Å². The Morgan fingerprint density at radius 2 is 2.12 bits per heavy atom. The Morgan fingerprint density at radius 3 is 2.71 bits per heavy atom. The summed E-state index contributed by atoms with van der Waals surface area (Å²) in [5.74, 6) is 0.338. The third-order valence-electron chi connectivity index (χ3n) is 2.44. The second-order valence-corrected chi connectivity index (χ2v) is 3.97. The van der Waals surface area contributed by atoms with E-state index in [0.29, 0.717) is 18.7 Å². The van der Waals surface area contributed by atoms with Crippen molar-refractivity contribution in [3.8, 4) is 11.3 Å². The van der Waals surface area contributed by atoms with Crippen molar-refractivity contribution in [1.29, 1.82) is 0 Å². The first-order valence-corrected chi connectivity index (χ1v) is 5.46. The molecule has 1 atom stereocenters. The van der Waals surface area contributed by atoms with Gasteiger partial charge in [0.2, 0.25) is 0 Å². The van der Waals surface area contributed by atoms with Crippen molar-refractivity contribution in [2.24, 2.45) is 0 Å². The molecule has 1 unspecified atom stereocenters. The van der Waals surface area contributed by atoms with E-state index in [0.717, 1.165) is 11.3 Å². The summed E-state index contributed by atoms with van der Waals surface area (Å²) >= 11 is 0. The summed E-state index contributed by atoms with van der Waals surface area (Å²) in [6.45, 7) is 2.05. The van der Waals surface area contributed by atoms with E-state index in [4.69, 9.17) is 0 Å². The molecule has 4 heteroatoms. The highest BCUT2D eigenvalue weighted by atomic mass is 16.3. The first-order valence-electron chi connectivity index (χ1n) is 5.46. The number of carbonyl (C=O) groups excluding carboxylic acids is 1.